The minimum Gasteiger partial charge on any atom is -0.198 e. The van der Waals surface area contributed by atoms with E-state index in [4.69, 9.17) is 1.37 Å². The third kappa shape index (κ3) is 3.28. The highest BCUT2D eigenvalue weighted by molar-refractivity contribution is 6.88. The first-order chi connectivity index (χ1) is 12.1. The molecular weight excluding hydrogens is 318 g/mol. The summed E-state index contributed by atoms with van der Waals surface area (Å²) in [6, 6.07) is 14.2. The lowest BCUT2D eigenvalue weighted by molar-refractivity contribution is -0.665. The number of hydrogen-bond acceptors (Lipinski definition) is 0. The number of aromatic nitrogens is 1. The van der Waals surface area contributed by atoms with E-state index in [0.717, 1.165) is 17.5 Å². The van der Waals surface area contributed by atoms with Gasteiger partial charge in [-0.1, -0.05) is 56.0 Å². The van der Waals surface area contributed by atoms with E-state index in [2.05, 4.69) is 88.4 Å². The number of pyridine rings is 1. The minimum atomic E-state index is -1.42. The lowest BCUT2D eigenvalue weighted by Crippen LogP contribution is -2.38. The van der Waals surface area contributed by atoms with Gasteiger partial charge in [0.2, 0.25) is 5.69 Å². The molecular formula is C23H30NSi+. The van der Waals surface area contributed by atoms with Gasteiger partial charge in [0.1, 0.15) is 7.05 Å². The molecule has 0 aliphatic rings. The summed E-state index contributed by atoms with van der Waals surface area (Å²) in [5, 5.41) is 3.68. The molecule has 0 N–H and O–H groups in total. The van der Waals surface area contributed by atoms with Crippen molar-refractivity contribution in [3.05, 3.63) is 59.3 Å². The summed E-state index contributed by atoms with van der Waals surface area (Å²) in [6.07, 6.45) is 1.03. The maximum atomic E-state index is 8.72. The molecule has 3 rings (SSSR count). The quantitative estimate of drug-likeness (QED) is 0.460. The Morgan fingerprint density at radius 3 is 2.40 bits per heavy atom. The van der Waals surface area contributed by atoms with Crippen molar-refractivity contribution >= 4 is 24.0 Å². The van der Waals surface area contributed by atoms with Crippen molar-refractivity contribution in [2.24, 2.45) is 7.05 Å². The van der Waals surface area contributed by atoms with E-state index >= 15 is 0 Å². The number of hydrogen-bond donors (Lipinski definition) is 0. The molecule has 0 saturated heterocycles. The normalized spacial score (nSPS) is 12.5. The summed E-state index contributed by atoms with van der Waals surface area (Å²) in [7, 11) is 0.673. The predicted octanol–water partition coefficient (Wildman–Crippen LogP) is 5.06. The fourth-order valence-electron chi connectivity index (χ4n) is 3.42. The van der Waals surface area contributed by atoms with E-state index in [0.29, 0.717) is 6.04 Å². The average Bonchev–Trinajstić information content (AvgIpc) is 2.60. The molecule has 2 aromatic carbocycles. The van der Waals surface area contributed by atoms with Crippen LogP contribution in [-0.2, 0) is 13.5 Å². The third-order valence-corrected chi connectivity index (χ3v) is 7.30. The molecule has 3 aromatic rings. The van der Waals surface area contributed by atoms with Crippen molar-refractivity contribution in [1.82, 2.24) is 0 Å². The highest BCUT2D eigenvalue weighted by atomic mass is 28.3. The molecule has 0 unspecified atom stereocenters. The van der Waals surface area contributed by atoms with Crippen LogP contribution in [0.2, 0.25) is 19.6 Å². The summed E-state index contributed by atoms with van der Waals surface area (Å²) in [5.41, 5.74) is 6.15. The molecule has 0 spiro atoms. The van der Waals surface area contributed by atoms with Crippen molar-refractivity contribution in [1.29, 1.82) is 0 Å². The Labute approximate surface area is 154 Å². The molecule has 1 heterocycles. The molecule has 2 heteroatoms. The average molecular weight is 350 g/mol. The lowest BCUT2D eigenvalue weighted by Gasteiger charge is -2.18. The summed E-state index contributed by atoms with van der Waals surface area (Å²) in [5.74, 6) is 0. The molecule has 0 bridgehead atoms. The Bertz CT molecular complexity index is 999. The fourth-order valence-corrected chi connectivity index (χ4v) is 4.58. The second-order valence-corrected chi connectivity index (χ2v) is 13.2. The van der Waals surface area contributed by atoms with E-state index in [1.54, 1.807) is 0 Å². The van der Waals surface area contributed by atoms with Crippen LogP contribution in [0.25, 0.3) is 22.0 Å². The van der Waals surface area contributed by atoms with Gasteiger partial charge in [-0.3, -0.25) is 0 Å². The molecule has 0 amide bonds. The highest BCUT2D eigenvalue weighted by Gasteiger charge is 2.22. The Morgan fingerprint density at radius 2 is 1.76 bits per heavy atom. The van der Waals surface area contributed by atoms with Crippen LogP contribution in [0.1, 0.15) is 25.1 Å². The summed E-state index contributed by atoms with van der Waals surface area (Å²) in [4.78, 5) is 0. The van der Waals surface area contributed by atoms with Crippen LogP contribution in [0.3, 0.4) is 0 Å². The second kappa shape index (κ2) is 6.42. The van der Waals surface area contributed by atoms with Crippen molar-refractivity contribution in [2.45, 2.75) is 46.8 Å². The summed E-state index contributed by atoms with van der Waals surface area (Å²) < 4.78 is 10.9. The second-order valence-electron chi connectivity index (χ2n) is 8.13. The molecule has 25 heavy (non-hydrogen) atoms. The van der Waals surface area contributed by atoms with Gasteiger partial charge in [0, 0.05) is 18.5 Å². The van der Waals surface area contributed by atoms with Gasteiger partial charge in [-0.05, 0) is 42.0 Å². The van der Waals surface area contributed by atoms with E-state index in [1.807, 2.05) is 0 Å². The van der Waals surface area contributed by atoms with Crippen LogP contribution in [0.15, 0.2) is 42.4 Å². The molecule has 0 radical (unpaired) electrons. The van der Waals surface area contributed by atoms with Crippen molar-refractivity contribution in [3.8, 4) is 11.3 Å². The van der Waals surface area contributed by atoms with Gasteiger partial charge >= 0.3 is 0 Å². The summed E-state index contributed by atoms with van der Waals surface area (Å²) >= 11 is 0. The lowest BCUT2D eigenvalue weighted by atomic mass is 9.96. The zero-order valence-corrected chi connectivity index (χ0v) is 17.6. The molecule has 1 aromatic heterocycles. The minimum absolute atomic E-state index is 0.649. The van der Waals surface area contributed by atoms with Gasteiger partial charge in [0.05, 0.1) is 14.8 Å². The maximum absolute atomic E-state index is 8.72. The van der Waals surface area contributed by atoms with Crippen molar-refractivity contribution < 1.29 is 5.94 Å². The molecule has 0 fully saturated rings. The van der Waals surface area contributed by atoms with Crippen LogP contribution >= 0.6 is 0 Å². The number of rotatable bonds is 3. The Morgan fingerprint density at radius 1 is 1.04 bits per heavy atom. The summed E-state index contributed by atoms with van der Waals surface area (Å²) in [6.45, 7) is 13.5. The van der Waals surface area contributed by atoms with Crippen LogP contribution in [-0.4, -0.2) is 8.07 Å². The van der Waals surface area contributed by atoms with Crippen LogP contribution in [0, 0.1) is 13.8 Å². The van der Waals surface area contributed by atoms with Gasteiger partial charge < -0.3 is 0 Å². The Hall–Kier alpha value is -1.93. The molecule has 0 saturated carbocycles. The smallest absolute Gasteiger partial charge is 0.198 e. The molecule has 130 valence electrons. The van der Waals surface area contributed by atoms with E-state index < -0.39 is 8.07 Å². The van der Waals surface area contributed by atoms with Crippen LogP contribution < -0.4 is 9.75 Å². The van der Waals surface area contributed by atoms with E-state index in [-0.39, 0.29) is 0 Å². The molecule has 0 aliphatic carbocycles. The molecule has 0 atom stereocenters. The third-order valence-electron chi connectivity index (χ3n) is 5.26. The number of aryl methyl sites for hydroxylation is 2. The first kappa shape index (κ1) is 16.5. The monoisotopic (exact) mass is 349 g/mol. The zero-order valence-electron chi connectivity index (χ0n) is 17.6. The van der Waals surface area contributed by atoms with E-state index in [1.165, 1.54) is 33.0 Å². The SMILES string of the molecule is [2H]c1c(C)[n+](C)c(-c2cc(CC)ccc2C)c2ccc([Si](C)(C)C)cc12. The van der Waals surface area contributed by atoms with Gasteiger partial charge in [-0.25, -0.2) is 0 Å². The highest BCUT2D eigenvalue weighted by Crippen LogP contribution is 2.29. The fraction of sp³-hybridized carbons (Fsp3) is 0.348. The van der Waals surface area contributed by atoms with Gasteiger partial charge in [0.25, 0.3) is 0 Å². The van der Waals surface area contributed by atoms with E-state index in [9.17, 15) is 0 Å². The molecule has 1 nitrogen and oxygen atoms in total. The maximum Gasteiger partial charge on any atom is 0.220 e. The number of benzene rings is 2. The van der Waals surface area contributed by atoms with Crippen LogP contribution in [0.4, 0.5) is 0 Å². The predicted molar refractivity (Wildman–Crippen MR) is 112 cm³/mol. The van der Waals surface area contributed by atoms with Gasteiger partial charge in [-0.15, -0.1) is 0 Å². The van der Waals surface area contributed by atoms with Crippen molar-refractivity contribution in [2.75, 3.05) is 0 Å². The zero-order chi connectivity index (χ0) is 19.2. The largest absolute Gasteiger partial charge is 0.220 e. The number of nitrogens with zero attached hydrogens (tertiary/aromatic N) is 1. The Kier molecular flexibility index (Phi) is 4.24. The number of fused-ring (bicyclic) bond motifs is 1. The first-order valence-electron chi connectivity index (χ1n) is 9.68. The Balaban J connectivity index is 2.43. The topological polar surface area (TPSA) is 3.88 Å². The van der Waals surface area contributed by atoms with Gasteiger partial charge in [-0.2, -0.15) is 4.57 Å². The standard InChI is InChI=1S/C23H30NSi/c1-8-18-10-9-16(2)22(14-18)23-21-12-11-20(25(5,6)7)15-19(21)13-17(3)24(23)4/h9-15H,8H2,1-7H3/q+1/i13D. The van der Waals surface area contributed by atoms with Gasteiger partial charge in [0.15, 0.2) is 5.69 Å². The first-order valence-corrected chi connectivity index (χ1v) is 12.7. The van der Waals surface area contributed by atoms with Crippen molar-refractivity contribution in [3.63, 3.8) is 0 Å². The van der Waals surface area contributed by atoms with Crippen LogP contribution in [0.5, 0.6) is 0 Å². The molecule has 0 aliphatic heterocycles.